The zero-order valence-corrected chi connectivity index (χ0v) is 23.9. The van der Waals surface area contributed by atoms with E-state index in [1.165, 1.54) is 6.92 Å². The molecule has 0 radical (unpaired) electrons. The Morgan fingerprint density at radius 1 is 0.577 bits per heavy atom. The molecule has 0 aromatic heterocycles. The molecule has 0 aromatic rings. The zero-order chi connectivity index (χ0) is 22.9. The van der Waals surface area contributed by atoms with Crippen LogP contribution in [0.2, 0.25) is 0 Å². The Balaban J connectivity index is -0.0000000466. The van der Waals surface area contributed by atoms with E-state index in [0.29, 0.717) is 6.61 Å². The number of carbonyl (C=O) groups excluding carboxylic acids is 1. The second kappa shape index (κ2) is 39.3. The van der Waals surface area contributed by atoms with Crippen LogP contribution in [0.15, 0.2) is 0 Å². The summed E-state index contributed by atoms with van der Waals surface area (Å²) < 4.78 is 0.653. The van der Waals surface area contributed by atoms with Crippen molar-refractivity contribution < 1.29 is 9.53 Å². The van der Waals surface area contributed by atoms with Crippen molar-refractivity contribution >= 4 is 180 Å². The Labute approximate surface area is 229 Å². The van der Waals surface area contributed by atoms with E-state index >= 15 is 0 Å². The molecule has 0 atom stereocenters. The maximum Gasteiger partial charge on any atom is 0.302 e. The highest BCUT2D eigenvalue weighted by atomic mass is 35.6. The van der Waals surface area contributed by atoms with Crippen LogP contribution in [0.3, 0.4) is 0 Å². The standard InChI is InChI=1S/C4H8O2.5CHCl3/c1-3-6-4(2)5;5*2-1(3)4/h3H2,1-2H3;5*1H. The van der Waals surface area contributed by atoms with Crippen molar-refractivity contribution in [2.24, 2.45) is 0 Å². The van der Waals surface area contributed by atoms with Gasteiger partial charge in [-0.3, -0.25) is 4.79 Å². The lowest BCUT2D eigenvalue weighted by atomic mass is 10.8. The normalized spacial score (nSPS) is 8.69. The van der Waals surface area contributed by atoms with Crippen LogP contribution >= 0.6 is 174 Å². The molecule has 0 saturated carbocycles. The number of ether oxygens (including phenoxy) is 1. The molecule has 0 aliphatic rings. The Hall–Kier alpha value is 3.82. The number of hydrogen-bond acceptors (Lipinski definition) is 2. The maximum absolute atomic E-state index is 9.82. The van der Waals surface area contributed by atoms with Gasteiger partial charge in [-0.15, -0.1) is 0 Å². The number of hydrogen-bond donors (Lipinski definition) is 0. The Bertz CT molecular complexity index is 179. The lowest BCUT2D eigenvalue weighted by molar-refractivity contribution is -0.140. The number of rotatable bonds is 1. The molecule has 0 heterocycles. The molecule has 0 rings (SSSR count). The van der Waals surface area contributed by atoms with Crippen molar-refractivity contribution in [3.63, 3.8) is 0 Å². The molecular formula is C9H13Cl15O2. The Morgan fingerprint density at radius 3 is 0.692 bits per heavy atom. The smallest absolute Gasteiger partial charge is 0.302 e. The molecule has 0 spiro atoms. The minimum atomic E-state index is -0.750. The van der Waals surface area contributed by atoms with E-state index in [4.69, 9.17) is 174 Å². The van der Waals surface area contributed by atoms with Crippen LogP contribution in [0.1, 0.15) is 13.8 Å². The van der Waals surface area contributed by atoms with Gasteiger partial charge in [0.05, 0.1) is 6.61 Å². The van der Waals surface area contributed by atoms with E-state index in [2.05, 4.69) is 4.74 Å². The third kappa shape index (κ3) is 430. The summed E-state index contributed by atoms with van der Waals surface area (Å²) in [6, 6.07) is 0. The van der Waals surface area contributed by atoms with Crippen molar-refractivity contribution in [2.75, 3.05) is 6.61 Å². The van der Waals surface area contributed by atoms with Gasteiger partial charge in [-0.05, 0) is 6.92 Å². The van der Waals surface area contributed by atoms with E-state index in [-0.39, 0.29) is 5.97 Å². The quantitative estimate of drug-likeness (QED) is 0.203. The summed E-state index contributed by atoms with van der Waals surface area (Å²) in [5, 5.41) is 0. The number of esters is 1. The van der Waals surface area contributed by atoms with Crippen molar-refractivity contribution in [1.82, 2.24) is 0 Å². The summed E-state index contributed by atoms with van der Waals surface area (Å²) in [6.45, 7) is 3.65. The van der Waals surface area contributed by atoms with Gasteiger partial charge in [-0.2, -0.15) is 0 Å². The number of carbonyl (C=O) groups is 1. The molecule has 0 N–H and O–H groups in total. The summed E-state index contributed by atoms with van der Waals surface area (Å²) in [7, 11) is 0. The second-order valence-electron chi connectivity index (χ2n) is 2.16. The highest BCUT2D eigenvalue weighted by molar-refractivity contribution is 6.64. The first-order chi connectivity index (χ1) is 11.4. The lowest BCUT2D eigenvalue weighted by Crippen LogP contribution is -1.95. The number of halogens is 15. The van der Waals surface area contributed by atoms with Gasteiger partial charge in [-0.1, -0.05) is 174 Å². The largest absolute Gasteiger partial charge is 0.466 e. The Morgan fingerprint density at radius 2 is 0.692 bits per heavy atom. The van der Waals surface area contributed by atoms with Gasteiger partial charge in [-0.25, -0.2) is 0 Å². The maximum atomic E-state index is 9.82. The molecule has 0 unspecified atom stereocenters. The first kappa shape index (κ1) is 43.7. The highest BCUT2D eigenvalue weighted by Crippen LogP contribution is 2.05. The topological polar surface area (TPSA) is 26.3 Å². The van der Waals surface area contributed by atoms with Gasteiger partial charge in [0.25, 0.3) is 0 Å². The summed E-state index contributed by atoms with van der Waals surface area (Å²) in [5.74, 6) is -0.211. The van der Waals surface area contributed by atoms with Crippen LogP contribution in [-0.4, -0.2) is 34.1 Å². The summed E-state index contributed by atoms with van der Waals surface area (Å²) in [5.41, 5.74) is 0. The predicted molar refractivity (Wildman–Crippen MR) is 129 cm³/mol. The molecule has 166 valence electrons. The third-order valence-electron chi connectivity index (χ3n) is 0.348. The molecule has 0 fully saturated rings. The van der Waals surface area contributed by atoms with Crippen LogP contribution in [0.25, 0.3) is 0 Å². The molecule has 0 amide bonds. The first-order valence-electron chi connectivity index (χ1n) is 5.18. The van der Waals surface area contributed by atoms with E-state index in [1.54, 1.807) is 6.92 Å². The average molecular weight is 685 g/mol. The van der Waals surface area contributed by atoms with Crippen LogP contribution in [0.5, 0.6) is 0 Å². The van der Waals surface area contributed by atoms with Crippen molar-refractivity contribution in [3.8, 4) is 0 Å². The van der Waals surface area contributed by atoms with Crippen molar-refractivity contribution in [2.45, 2.75) is 35.3 Å². The first-order valence-corrected chi connectivity index (χ1v) is 11.7. The van der Waals surface area contributed by atoms with Gasteiger partial charge in [0, 0.05) is 6.92 Å². The number of alkyl halides is 15. The van der Waals surface area contributed by atoms with E-state index < -0.39 is 21.5 Å². The zero-order valence-electron chi connectivity index (χ0n) is 12.6. The van der Waals surface area contributed by atoms with Crippen LogP contribution < -0.4 is 0 Å². The fourth-order valence-corrected chi connectivity index (χ4v) is 0.203. The average Bonchev–Trinajstić information content (AvgIpc) is 2.23. The summed E-state index contributed by atoms with van der Waals surface area (Å²) in [4.78, 5) is 9.82. The molecule has 0 aliphatic heterocycles. The van der Waals surface area contributed by atoms with E-state index in [0.717, 1.165) is 0 Å². The fourth-order valence-electron chi connectivity index (χ4n) is 0.203. The molecule has 0 bridgehead atoms. The van der Waals surface area contributed by atoms with Crippen LogP contribution in [0, 0.1) is 0 Å². The third-order valence-corrected chi connectivity index (χ3v) is 0.348. The van der Waals surface area contributed by atoms with E-state index in [1.807, 2.05) is 0 Å². The van der Waals surface area contributed by atoms with Gasteiger partial charge in [0.2, 0.25) is 0 Å². The minimum absolute atomic E-state index is 0.211. The van der Waals surface area contributed by atoms with E-state index in [9.17, 15) is 4.79 Å². The SMILES string of the molecule is CCOC(C)=O.ClC(Cl)Cl.ClC(Cl)Cl.ClC(Cl)Cl.ClC(Cl)Cl.ClC(Cl)Cl. The Kier molecular flexibility index (Phi) is 66.0. The second-order valence-corrected chi connectivity index (χ2v) is 12.1. The highest BCUT2D eigenvalue weighted by Gasteiger charge is 1.82. The van der Waals surface area contributed by atoms with Gasteiger partial charge in [0.15, 0.2) is 21.5 Å². The molecule has 0 aliphatic carbocycles. The van der Waals surface area contributed by atoms with Crippen molar-refractivity contribution in [1.29, 1.82) is 0 Å². The predicted octanol–water partition coefficient (Wildman–Crippen LogP) is 10.5. The van der Waals surface area contributed by atoms with Gasteiger partial charge >= 0.3 is 5.97 Å². The lowest BCUT2D eigenvalue weighted by Gasteiger charge is -1.89. The molecule has 2 nitrogen and oxygen atoms in total. The molecular weight excluding hydrogens is 672 g/mol. The van der Waals surface area contributed by atoms with Gasteiger partial charge in [0.1, 0.15) is 0 Å². The van der Waals surface area contributed by atoms with Crippen LogP contribution in [0.4, 0.5) is 0 Å². The van der Waals surface area contributed by atoms with Crippen LogP contribution in [-0.2, 0) is 9.53 Å². The minimum Gasteiger partial charge on any atom is -0.466 e. The molecule has 17 heteroatoms. The summed E-state index contributed by atoms with van der Waals surface area (Å²) in [6.07, 6.45) is 0. The fraction of sp³-hybridized carbons (Fsp3) is 0.889. The molecule has 0 saturated heterocycles. The monoisotopic (exact) mass is 678 g/mol. The molecule has 26 heavy (non-hydrogen) atoms. The summed E-state index contributed by atoms with van der Waals surface area (Å²) >= 11 is 72.1. The molecule has 0 aromatic carbocycles. The van der Waals surface area contributed by atoms with Crippen molar-refractivity contribution in [3.05, 3.63) is 0 Å². The van der Waals surface area contributed by atoms with Gasteiger partial charge < -0.3 is 4.74 Å².